The molecule has 0 bridgehead atoms. The van der Waals surface area contributed by atoms with E-state index in [4.69, 9.17) is 9.47 Å². The molecule has 0 saturated heterocycles. The van der Waals surface area contributed by atoms with Crippen molar-refractivity contribution in [1.29, 1.82) is 0 Å². The van der Waals surface area contributed by atoms with E-state index < -0.39 is 0 Å². The molecule has 0 fully saturated rings. The number of benzene rings is 1. The molecule has 0 spiro atoms. The number of pyridine rings is 2. The SMILES string of the molecule is CC.CNc1cc2c(-c3cc(OC)c(CN(C)C)c(OC)c3)cn(C)c(=O)c2cn1. The second kappa shape index (κ2) is 10.1. The molecule has 3 rings (SSSR count). The smallest absolute Gasteiger partial charge is 0.259 e. The summed E-state index contributed by atoms with van der Waals surface area (Å²) in [4.78, 5) is 18.9. The molecule has 0 aliphatic carbocycles. The lowest BCUT2D eigenvalue weighted by Gasteiger charge is -2.19. The number of aryl methyl sites for hydroxylation is 1. The van der Waals surface area contributed by atoms with Gasteiger partial charge in [-0.05, 0) is 37.9 Å². The molecule has 1 N–H and O–H groups in total. The fraction of sp³-hybridized carbons (Fsp3) is 0.391. The van der Waals surface area contributed by atoms with Crippen LogP contribution in [0.15, 0.2) is 35.4 Å². The molecule has 0 radical (unpaired) electrons. The predicted molar refractivity (Wildman–Crippen MR) is 124 cm³/mol. The predicted octanol–water partition coefficient (Wildman–Crippen LogP) is 3.75. The van der Waals surface area contributed by atoms with Crippen LogP contribution in [-0.4, -0.2) is 49.8 Å². The van der Waals surface area contributed by atoms with Gasteiger partial charge in [-0.1, -0.05) is 13.8 Å². The summed E-state index contributed by atoms with van der Waals surface area (Å²) in [6.45, 7) is 4.69. The maximum atomic E-state index is 12.6. The van der Waals surface area contributed by atoms with Crippen molar-refractivity contribution in [3.8, 4) is 22.6 Å². The van der Waals surface area contributed by atoms with E-state index in [0.29, 0.717) is 17.7 Å². The molecule has 2 aromatic heterocycles. The first-order chi connectivity index (χ1) is 14.4. The Labute approximate surface area is 178 Å². The standard InChI is InChI=1S/C21H26N4O3.C2H6/c1-22-20-9-14-15(10-23-20)21(26)25(4)12-16(14)13-7-18(27-5)17(11-24(2)3)19(8-13)28-6;1-2/h7-10,12H,11H2,1-6H3,(H,22,23);1-2H3. The Morgan fingerprint density at radius 1 is 1.07 bits per heavy atom. The number of nitrogens with one attached hydrogen (secondary N) is 1. The number of nitrogens with zero attached hydrogens (tertiary/aromatic N) is 3. The van der Waals surface area contributed by atoms with Crippen molar-refractivity contribution < 1.29 is 9.47 Å². The summed E-state index contributed by atoms with van der Waals surface area (Å²) in [5, 5.41) is 4.42. The van der Waals surface area contributed by atoms with Crippen LogP contribution < -0.4 is 20.3 Å². The van der Waals surface area contributed by atoms with Crippen LogP contribution in [0.4, 0.5) is 5.82 Å². The summed E-state index contributed by atoms with van der Waals surface area (Å²) in [7, 11) is 10.8. The molecule has 0 unspecified atom stereocenters. The first-order valence-corrected chi connectivity index (χ1v) is 9.96. The third-order valence-electron chi connectivity index (χ3n) is 4.72. The van der Waals surface area contributed by atoms with Crippen LogP contribution in [0, 0.1) is 0 Å². The Morgan fingerprint density at radius 2 is 1.67 bits per heavy atom. The van der Waals surface area contributed by atoms with Gasteiger partial charge >= 0.3 is 0 Å². The van der Waals surface area contributed by atoms with Gasteiger partial charge in [-0.3, -0.25) is 4.79 Å². The number of fused-ring (bicyclic) bond motifs is 1. The molecule has 30 heavy (non-hydrogen) atoms. The van der Waals surface area contributed by atoms with Gasteiger partial charge < -0.3 is 24.3 Å². The van der Waals surface area contributed by atoms with Crippen molar-refractivity contribution in [2.75, 3.05) is 40.7 Å². The summed E-state index contributed by atoms with van der Waals surface area (Å²) in [6, 6.07) is 5.86. The average Bonchev–Trinajstić information content (AvgIpc) is 2.77. The fourth-order valence-corrected chi connectivity index (χ4v) is 3.34. The number of anilines is 1. The molecule has 1 aromatic carbocycles. The van der Waals surface area contributed by atoms with Crippen molar-refractivity contribution in [2.24, 2.45) is 7.05 Å². The van der Waals surface area contributed by atoms with Crippen molar-refractivity contribution in [3.05, 3.63) is 46.5 Å². The molecule has 0 saturated carbocycles. The molecule has 3 aromatic rings. The highest BCUT2D eigenvalue weighted by Gasteiger charge is 2.17. The van der Waals surface area contributed by atoms with Crippen molar-refractivity contribution >= 4 is 16.6 Å². The van der Waals surface area contributed by atoms with Gasteiger partial charge in [-0.2, -0.15) is 0 Å². The molecule has 0 amide bonds. The van der Waals surface area contributed by atoms with E-state index in [2.05, 4.69) is 15.2 Å². The normalized spacial score (nSPS) is 10.6. The topological polar surface area (TPSA) is 68.6 Å². The Morgan fingerprint density at radius 3 is 2.17 bits per heavy atom. The van der Waals surface area contributed by atoms with Gasteiger partial charge in [0.25, 0.3) is 5.56 Å². The number of methoxy groups -OCH3 is 2. The largest absolute Gasteiger partial charge is 0.496 e. The second-order valence-electron chi connectivity index (χ2n) is 6.92. The molecule has 0 aliphatic rings. The zero-order valence-electron chi connectivity index (χ0n) is 19.2. The van der Waals surface area contributed by atoms with Gasteiger partial charge in [0.05, 0.1) is 25.2 Å². The van der Waals surface area contributed by atoms with Crippen LogP contribution in [-0.2, 0) is 13.6 Å². The Kier molecular flexibility index (Phi) is 7.83. The summed E-state index contributed by atoms with van der Waals surface area (Å²) >= 11 is 0. The summed E-state index contributed by atoms with van der Waals surface area (Å²) < 4.78 is 12.9. The van der Waals surface area contributed by atoms with E-state index in [0.717, 1.165) is 33.6 Å². The lowest BCUT2D eigenvalue weighted by Crippen LogP contribution is -2.17. The summed E-state index contributed by atoms with van der Waals surface area (Å²) in [5.41, 5.74) is 2.71. The zero-order valence-corrected chi connectivity index (χ0v) is 19.2. The molecule has 162 valence electrons. The number of hydrogen-bond acceptors (Lipinski definition) is 6. The minimum absolute atomic E-state index is 0.0861. The Bertz CT molecular complexity index is 1050. The maximum Gasteiger partial charge on any atom is 0.259 e. The molecule has 7 heteroatoms. The number of hydrogen-bond donors (Lipinski definition) is 1. The monoisotopic (exact) mass is 412 g/mol. The molecule has 0 atom stereocenters. The van der Waals surface area contributed by atoms with E-state index in [9.17, 15) is 4.79 Å². The van der Waals surface area contributed by atoms with E-state index in [-0.39, 0.29) is 5.56 Å². The summed E-state index contributed by atoms with van der Waals surface area (Å²) in [6.07, 6.45) is 3.45. The average molecular weight is 413 g/mol. The molecule has 7 nitrogen and oxygen atoms in total. The van der Waals surface area contributed by atoms with Crippen LogP contribution >= 0.6 is 0 Å². The second-order valence-corrected chi connectivity index (χ2v) is 6.92. The highest BCUT2D eigenvalue weighted by Crippen LogP contribution is 2.37. The van der Waals surface area contributed by atoms with Crippen LogP contribution in [0.5, 0.6) is 11.5 Å². The number of aromatic nitrogens is 2. The molecular weight excluding hydrogens is 380 g/mol. The van der Waals surface area contributed by atoms with Crippen LogP contribution in [0.3, 0.4) is 0 Å². The third-order valence-corrected chi connectivity index (χ3v) is 4.72. The highest BCUT2D eigenvalue weighted by atomic mass is 16.5. The van der Waals surface area contributed by atoms with E-state index >= 15 is 0 Å². The lowest BCUT2D eigenvalue weighted by molar-refractivity contribution is 0.349. The van der Waals surface area contributed by atoms with Gasteiger partial charge in [-0.25, -0.2) is 4.98 Å². The minimum atomic E-state index is -0.0861. The van der Waals surface area contributed by atoms with Crippen molar-refractivity contribution in [2.45, 2.75) is 20.4 Å². The van der Waals surface area contributed by atoms with Crippen LogP contribution in [0.1, 0.15) is 19.4 Å². The van der Waals surface area contributed by atoms with E-state index in [1.165, 1.54) is 0 Å². The summed E-state index contributed by atoms with van der Waals surface area (Å²) in [5.74, 6) is 2.19. The zero-order chi connectivity index (χ0) is 22.4. The molecule has 0 aliphatic heterocycles. The first-order valence-electron chi connectivity index (χ1n) is 9.96. The van der Waals surface area contributed by atoms with Crippen LogP contribution in [0.25, 0.3) is 21.9 Å². The Balaban J connectivity index is 0.00000155. The molecule has 2 heterocycles. The maximum absolute atomic E-state index is 12.6. The quantitative estimate of drug-likeness (QED) is 0.665. The van der Waals surface area contributed by atoms with Gasteiger partial charge in [-0.15, -0.1) is 0 Å². The fourth-order valence-electron chi connectivity index (χ4n) is 3.34. The highest BCUT2D eigenvalue weighted by molar-refractivity contribution is 5.97. The van der Waals surface area contributed by atoms with E-state index in [1.807, 2.05) is 52.3 Å². The van der Waals surface area contributed by atoms with Crippen LogP contribution in [0.2, 0.25) is 0 Å². The van der Waals surface area contributed by atoms with Gasteiger partial charge in [0.2, 0.25) is 0 Å². The van der Waals surface area contributed by atoms with Gasteiger partial charge in [0, 0.05) is 44.0 Å². The minimum Gasteiger partial charge on any atom is -0.496 e. The Hall–Kier alpha value is -3.06. The van der Waals surface area contributed by atoms with Gasteiger partial charge in [0.1, 0.15) is 17.3 Å². The van der Waals surface area contributed by atoms with E-state index in [1.54, 1.807) is 39.1 Å². The third kappa shape index (κ3) is 4.57. The number of ether oxygens (including phenoxy) is 2. The van der Waals surface area contributed by atoms with Crippen molar-refractivity contribution in [1.82, 2.24) is 14.5 Å². The molecular formula is C23H32N4O3. The first kappa shape index (κ1) is 23.2. The number of rotatable bonds is 6. The lowest BCUT2D eigenvalue weighted by atomic mass is 9.98. The van der Waals surface area contributed by atoms with Crippen molar-refractivity contribution in [3.63, 3.8) is 0 Å². The van der Waals surface area contributed by atoms with Gasteiger partial charge in [0.15, 0.2) is 0 Å².